The summed E-state index contributed by atoms with van der Waals surface area (Å²) in [6, 6.07) is 11.4. The lowest BCUT2D eigenvalue weighted by Gasteiger charge is -2.32. The number of carboxylic acid groups (broad SMARTS) is 1. The maximum atomic E-state index is 13.6. The molecular weight excluding hydrogens is 586 g/mol. The number of amides is 1. The van der Waals surface area contributed by atoms with Gasteiger partial charge in [0.2, 0.25) is 0 Å². The van der Waals surface area contributed by atoms with E-state index >= 15 is 0 Å². The van der Waals surface area contributed by atoms with Crippen molar-refractivity contribution in [3.05, 3.63) is 77.6 Å². The fourth-order valence-electron chi connectivity index (χ4n) is 4.86. The molecule has 0 unspecified atom stereocenters. The third-order valence-corrected chi connectivity index (χ3v) is 7.41. The molecule has 3 aromatic heterocycles. The van der Waals surface area contributed by atoms with Crippen LogP contribution in [0.1, 0.15) is 32.6 Å². The van der Waals surface area contributed by atoms with Gasteiger partial charge in [-0.3, -0.25) is 4.79 Å². The van der Waals surface area contributed by atoms with E-state index in [1.54, 1.807) is 23.2 Å². The normalized spacial score (nSPS) is 13.8. The predicted octanol–water partition coefficient (Wildman–Crippen LogP) is 1.06. The van der Waals surface area contributed by atoms with Crippen molar-refractivity contribution in [3.8, 4) is 45.6 Å². The van der Waals surface area contributed by atoms with Crippen LogP contribution in [0.4, 0.5) is 0 Å². The molecule has 0 atom stereocenters. The van der Waals surface area contributed by atoms with E-state index < -0.39 is 18.0 Å². The van der Waals surface area contributed by atoms with E-state index in [0.29, 0.717) is 52.8 Å². The third kappa shape index (κ3) is 5.92. The van der Waals surface area contributed by atoms with Crippen molar-refractivity contribution in [1.82, 2.24) is 44.8 Å². The molecule has 6 rings (SSSR count). The molecule has 5 aromatic rings. The smallest absolute Gasteiger partial charge is 0.339 e. The van der Waals surface area contributed by atoms with E-state index in [4.69, 9.17) is 0 Å². The molecule has 1 aliphatic heterocycles. The Kier molecular flexibility index (Phi) is 7.67. The number of phenols is 2. The third-order valence-electron chi connectivity index (χ3n) is 7.41. The van der Waals surface area contributed by atoms with Crippen molar-refractivity contribution < 1.29 is 35.1 Å². The maximum absolute atomic E-state index is 13.6. The van der Waals surface area contributed by atoms with E-state index in [1.807, 2.05) is 7.05 Å². The Morgan fingerprint density at radius 2 is 1.31 bits per heavy atom. The molecule has 1 amide bonds. The second-order valence-electron chi connectivity index (χ2n) is 10.4. The molecule has 0 spiro atoms. The number of likely N-dealkylation sites (N-methyl/N-ethyl adjacent to an activating group) is 1. The number of aromatic nitrogens is 7. The van der Waals surface area contributed by atoms with Gasteiger partial charge in [0.05, 0.1) is 35.2 Å². The zero-order valence-corrected chi connectivity index (χ0v) is 23.8. The zero-order valence-electron chi connectivity index (χ0n) is 23.8. The summed E-state index contributed by atoms with van der Waals surface area (Å²) in [5.41, 5.74) is 1.96. The molecule has 230 valence electrons. The number of aliphatic hydroxyl groups is 2. The standard InChI is InChI=1S/C29H27N9O7/c1-35-6-8-36(9-7-35)27(41)16-10-21(23-14-37(33-31-23)17-2-4-19(28(42)43)25(39)12-17)30-22(11-16)24-15-38(34-32-24)18-3-5-20(29(44)45)26(40)13-18/h2-5,10-15,28,39-40,42-43H,6-9H2,1H3,(H,44,45). The summed E-state index contributed by atoms with van der Waals surface area (Å²) in [4.78, 5) is 33.5. The van der Waals surface area contributed by atoms with Gasteiger partial charge in [0.25, 0.3) is 5.91 Å². The van der Waals surface area contributed by atoms with Gasteiger partial charge in [-0.1, -0.05) is 10.4 Å². The number of nitrogens with zero attached hydrogens (tertiary/aromatic N) is 9. The van der Waals surface area contributed by atoms with Gasteiger partial charge in [-0.25, -0.2) is 19.1 Å². The van der Waals surface area contributed by atoms with Crippen LogP contribution in [0.25, 0.3) is 34.2 Å². The number of carboxylic acids is 1. The first-order valence-electron chi connectivity index (χ1n) is 13.7. The minimum Gasteiger partial charge on any atom is -0.507 e. The van der Waals surface area contributed by atoms with Gasteiger partial charge in [-0.05, 0) is 43.4 Å². The Hall–Kier alpha value is -5.71. The van der Waals surface area contributed by atoms with E-state index in [0.717, 1.165) is 13.1 Å². The Bertz CT molecular complexity index is 1910. The van der Waals surface area contributed by atoms with Gasteiger partial charge >= 0.3 is 5.97 Å². The second kappa shape index (κ2) is 11.8. The highest BCUT2D eigenvalue weighted by atomic mass is 16.5. The minimum atomic E-state index is -1.85. The van der Waals surface area contributed by atoms with Crippen molar-refractivity contribution in [2.75, 3.05) is 33.2 Å². The number of hydrogen-bond acceptors (Lipinski definition) is 12. The van der Waals surface area contributed by atoms with Crippen molar-refractivity contribution in [2.45, 2.75) is 6.29 Å². The van der Waals surface area contributed by atoms with Gasteiger partial charge in [0.1, 0.15) is 28.5 Å². The monoisotopic (exact) mass is 613 g/mol. The van der Waals surface area contributed by atoms with Crippen LogP contribution in [-0.4, -0.2) is 115 Å². The molecule has 0 aliphatic carbocycles. The summed E-state index contributed by atoms with van der Waals surface area (Å²) in [5.74, 6) is -2.25. The number of hydrogen-bond donors (Lipinski definition) is 5. The molecule has 1 fully saturated rings. The maximum Gasteiger partial charge on any atom is 0.339 e. The molecule has 0 radical (unpaired) electrons. The predicted molar refractivity (Wildman–Crippen MR) is 156 cm³/mol. The highest BCUT2D eigenvalue weighted by molar-refractivity contribution is 5.96. The lowest BCUT2D eigenvalue weighted by Crippen LogP contribution is -2.47. The van der Waals surface area contributed by atoms with Gasteiger partial charge < -0.3 is 35.3 Å². The molecule has 16 nitrogen and oxygen atoms in total. The van der Waals surface area contributed by atoms with Crippen LogP contribution < -0.4 is 0 Å². The molecular formula is C29H27N9O7. The van der Waals surface area contributed by atoms with E-state index in [1.165, 1.54) is 52.0 Å². The average Bonchev–Trinajstić information content (AvgIpc) is 3.72. The van der Waals surface area contributed by atoms with Crippen LogP contribution in [0.15, 0.2) is 60.9 Å². The van der Waals surface area contributed by atoms with Crippen LogP contribution in [0.2, 0.25) is 0 Å². The Morgan fingerprint density at radius 1 is 0.756 bits per heavy atom. The molecule has 0 saturated carbocycles. The van der Waals surface area contributed by atoms with Gasteiger partial charge in [-0.2, -0.15) is 0 Å². The van der Waals surface area contributed by atoms with Crippen LogP contribution in [0.5, 0.6) is 11.5 Å². The fraction of sp³-hybridized carbons (Fsp3) is 0.207. The number of benzene rings is 2. The highest BCUT2D eigenvalue weighted by Crippen LogP contribution is 2.28. The van der Waals surface area contributed by atoms with Crippen LogP contribution in [0.3, 0.4) is 0 Å². The topological polar surface area (TPSA) is 216 Å². The number of aliphatic hydroxyl groups excluding tert-OH is 1. The van der Waals surface area contributed by atoms with E-state index in [2.05, 4.69) is 30.5 Å². The molecule has 1 aliphatic rings. The molecule has 5 N–H and O–H groups in total. The summed E-state index contributed by atoms with van der Waals surface area (Å²) in [6.07, 6.45) is 1.23. The van der Waals surface area contributed by atoms with Crippen molar-refractivity contribution in [3.63, 3.8) is 0 Å². The van der Waals surface area contributed by atoms with Crippen LogP contribution in [-0.2, 0) is 0 Å². The van der Waals surface area contributed by atoms with Crippen LogP contribution in [0, 0.1) is 0 Å². The summed E-state index contributed by atoms with van der Waals surface area (Å²) in [7, 11) is 1.99. The van der Waals surface area contributed by atoms with Crippen molar-refractivity contribution in [2.24, 2.45) is 0 Å². The number of aromatic hydroxyl groups is 2. The Morgan fingerprint density at radius 3 is 1.82 bits per heavy atom. The first-order valence-corrected chi connectivity index (χ1v) is 13.7. The molecule has 16 heteroatoms. The number of carbonyl (C=O) groups excluding carboxylic acids is 1. The lowest BCUT2D eigenvalue weighted by atomic mass is 10.1. The van der Waals surface area contributed by atoms with Crippen molar-refractivity contribution >= 4 is 11.9 Å². The number of carbonyl (C=O) groups is 2. The van der Waals surface area contributed by atoms with E-state index in [9.17, 15) is 35.1 Å². The van der Waals surface area contributed by atoms with Crippen molar-refractivity contribution in [1.29, 1.82) is 0 Å². The summed E-state index contributed by atoms with van der Waals surface area (Å²) in [6.45, 7) is 2.55. The number of pyridine rings is 1. The fourth-order valence-corrected chi connectivity index (χ4v) is 4.86. The first kappa shape index (κ1) is 29.4. The number of rotatable bonds is 7. The van der Waals surface area contributed by atoms with Gasteiger partial charge in [0.15, 0.2) is 6.29 Å². The van der Waals surface area contributed by atoms with Gasteiger partial charge in [0, 0.05) is 49.4 Å². The molecule has 0 bridgehead atoms. The van der Waals surface area contributed by atoms with E-state index in [-0.39, 0.29) is 22.8 Å². The highest BCUT2D eigenvalue weighted by Gasteiger charge is 2.23. The van der Waals surface area contributed by atoms with Crippen LogP contribution >= 0.6 is 0 Å². The number of piperazine rings is 1. The number of phenolic OH excluding ortho intramolecular Hbond substituents is 1. The molecule has 4 heterocycles. The largest absolute Gasteiger partial charge is 0.507 e. The zero-order chi connectivity index (χ0) is 31.8. The Labute approximate surface area is 254 Å². The molecule has 1 saturated heterocycles. The lowest BCUT2D eigenvalue weighted by molar-refractivity contribution is -0.0438. The molecule has 2 aromatic carbocycles. The number of aromatic carboxylic acids is 1. The summed E-state index contributed by atoms with van der Waals surface area (Å²) >= 11 is 0. The quantitative estimate of drug-likeness (QED) is 0.163. The molecule has 45 heavy (non-hydrogen) atoms. The minimum absolute atomic E-state index is 0.0680. The second-order valence-corrected chi connectivity index (χ2v) is 10.4. The first-order chi connectivity index (χ1) is 21.6. The Balaban J connectivity index is 1.38. The summed E-state index contributed by atoms with van der Waals surface area (Å²) in [5, 5.41) is 65.0. The summed E-state index contributed by atoms with van der Waals surface area (Å²) < 4.78 is 2.70. The average molecular weight is 614 g/mol. The SMILES string of the molecule is CN1CCN(C(=O)c2cc(-c3cn(-c4ccc(C(=O)O)c(O)c4)nn3)nc(-c3cn(-c4ccc(C(O)O)c(O)c4)nn3)c2)CC1. The van der Waals surface area contributed by atoms with Gasteiger partial charge in [-0.15, -0.1) is 10.2 Å².